The molecule has 0 saturated heterocycles. The first-order chi connectivity index (χ1) is 10.1. The summed E-state index contributed by atoms with van der Waals surface area (Å²) in [6, 6.07) is 13.9. The quantitative estimate of drug-likeness (QED) is 0.859. The second-order valence-electron chi connectivity index (χ2n) is 5.28. The van der Waals surface area contributed by atoms with Crippen molar-refractivity contribution in [2.45, 2.75) is 32.6 Å². The smallest absolute Gasteiger partial charge is 0.228 e. The maximum Gasteiger partial charge on any atom is 0.228 e. The molecule has 0 spiro atoms. The van der Waals surface area contributed by atoms with E-state index in [1.54, 1.807) is 12.1 Å². The van der Waals surface area contributed by atoms with Gasteiger partial charge in [-0.2, -0.15) is 0 Å². The molecule has 0 fully saturated rings. The lowest BCUT2D eigenvalue weighted by Gasteiger charge is -2.10. The molecule has 1 atom stereocenters. The van der Waals surface area contributed by atoms with Gasteiger partial charge in [-0.1, -0.05) is 38.1 Å². The lowest BCUT2D eigenvalue weighted by molar-refractivity contribution is -0.115. The number of hydrogen-bond acceptors (Lipinski definition) is 1. The Bertz CT molecular complexity index is 590. The highest BCUT2D eigenvalue weighted by Crippen LogP contribution is 2.20. The molecule has 0 saturated carbocycles. The number of carbonyl (C=O) groups excluding carboxylic acids is 1. The zero-order chi connectivity index (χ0) is 15.2. The first-order valence-electron chi connectivity index (χ1n) is 7.22. The van der Waals surface area contributed by atoms with Crippen molar-refractivity contribution in [2.24, 2.45) is 0 Å². The molecule has 2 rings (SSSR count). The molecule has 21 heavy (non-hydrogen) atoms. The van der Waals surface area contributed by atoms with Crippen LogP contribution in [0, 0.1) is 5.82 Å². The lowest BCUT2D eigenvalue weighted by Crippen LogP contribution is -2.14. The molecule has 110 valence electrons. The van der Waals surface area contributed by atoms with Crippen molar-refractivity contribution < 1.29 is 9.18 Å². The highest BCUT2D eigenvalue weighted by Gasteiger charge is 2.06. The van der Waals surface area contributed by atoms with Gasteiger partial charge in [-0.25, -0.2) is 4.39 Å². The van der Waals surface area contributed by atoms with Crippen LogP contribution in [-0.4, -0.2) is 5.91 Å². The number of nitrogens with one attached hydrogen (secondary N) is 1. The molecule has 0 aliphatic rings. The molecule has 1 unspecified atom stereocenters. The van der Waals surface area contributed by atoms with Gasteiger partial charge in [0.25, 0.3) is 0 Å². The van der Waals surface area contributed by atoms with Crippen molar-refractivity contribution >= 4 is 11.6 Å². The molecule has 2 aromatic carbocycles. The van der Waals surface area contributed by atoms with E-state index in [-0.39, 0.29) is 18.1 Å². The summed E-state index contributed by atoms with van der Waals surface area (Å²) in [5.74, 6) is 0.131. The Hall–Kier alpha value is -2.16. The molecular weight excluding hydrogens is 265 g/mol. The van der Waals surface area contributed by atoms with E-state index in [0.29, 0.717) is 5.92 Å². The molecule has 1 amide bonds. The highest BCUT2D eigenvalue weighted by atomic mass is 19.1. The number of carbonyl (C=O) groups is 1. The van der Waals surface area contributed by atoms with E-state index < -0.39 is 0 Å². The van der Waals surface area contributed by atoms with Gasteiger partial charge in [-0.15, -0.1) is 0 Å². The predicted molar refractivity (Wildman–Crippen MR) is 83.9 cm³/mol. The van der Waals surface area contributed by atoms with Crippen LogP contribution in [0.2, 0.25) is 0 Å². The Morgan fingerprint density at radius 3 is 2.29 bits per heavy atom. The Kier molecular flexibility index (Phi) is 5.09. The molecule has 0 heterocycles. The van der Waals surface area contributed by atoms with Crippen molar-refractivity contribution in [3.8, 4) is 0 Å². The zero-order valence-electron chi connectivity index (χ0n) is 12.4. The van der Waals surface area contributed by atoms with Crippen molar-refractivity contribution in [1.29, 1.82) is 0 Å². The summed E-state index contributed by atoms with van der Waals surface area (Å²) in [4.78, 5) is 11.9. The minimum atomic E-state index is -0.292. The van der Waals surface area contributed by atoms with Crippen LogP contribution in [-0.2, 0) is 11.2 Å². The lowest BCUT2D eigenvalue weighted by atomic mass is 9.98. The zero-order valence-corrected chi connectivity index (χ0v) is 12.4. The second-order valence-corrected chi connectivity index (χ2v) is 5.28. The Morgan fingerprint density at radius 2 is 1.71 bits per heavy atom. The first kappa shape index (κ1) is 15.2. The normalized spacial score (nSPS) is 12.0. The fraction of sp³-hybridized carbons (Fsp3) is 0.278. The van der Waals surface area contributed by atoms with Crippen LogP contribution in [0.3, 0.4) is 0 Å². The van der Waals surface area contributed by atoms with E-state index in [0.717, 1.165) is 17.7 Å². The SMILES string of the molecule is CCC(C)c1ccc(NC(=O)Cc2ccc(F)cc2)cc1. The summed E-state index contributed by atoms with van der Waals surface area (Å²) in [6.07, 6.45) is 1.34. The van der Waals surface area contributed by atoms with Crippen LogP contribution in [0.1, 0.15) is 37.3 Å². The molecule has 0 aliphatic heterocycles. The van der Waals surface area contributed by atoms with Gasteiger partial charge in [0.2, 0.25) is 5.91 Å². The standard InChI is InChI=1S/C18H20FNO/c1-3-13(2)15-6-10-17(11-7-15)20-18(21)12-14-4-8-16(19)9-5-14/h4-11,13H,3,12H2,1-2H3,(H,20,21). The maximum absolute atomic E-state index is 12.8. The van der Waals surface area contributed by atoms with Gasteiger partial charge in [-0.3, -0.25) is 4.79 Å². The third-order valence-electron chi connectivity index (χ3n) is 3.65. The van der Waals surface area contributed by atoms with Crippen LogP contribution in [0.4, 0.5) is 10.1 Å². The van der Waals surface area contributed by atoms with Crippen LogP contribution < -0.4 is 5.32 Å². The number of benzene rings is 2. The van der Waals surface area contributed by atoms with Crippen LogP contribution in [0.5, 0.6) is 0 Å². The molecule has 0 aromatic heterocycles. The molecule has 2 aromatic rings. The number of halogens is 1. The maximum atomic E-state index is 12.8. The molecule has 1 N–H and O–H groups in total. The van der Waals surface area contributed by atoms with Crippen molar-refractivity contribution in [1.82, 2.24) is 0 Å². The van der Waals surface area contributed by atoms with Crippen LogP contribution in [0.25, 0.3) is 0 Å². The fourth-order valence-electron chi connectivity index (χ4n) is 2.12. The summed E-state index contributed by atoms with van der Waals surface area (Å²) in [5.41, 5.74) is 2.85. The van der Waals surface area contributed by atoms with Gasteiger partial charge in [0.1, 0.15) is 5.82 Å². The van der Waals surface area contributed by atoms with Crippen LogP contribution >= 0.6 is 0 Å². The third-order valence-corrected chi connectivity index (χ3v) is 3.65. The molecular formula is C18H20FNO. The van der Waals surface area contributed by atoms with Gasteiger partial charge < -0.3 is 5.32 Å². The number of hydrogen-bond donors (Lipinski definition) is 1. The predicted octanol–water partition coefficient (Wildman–Crippen LogP) is 4.52. The number of rotatable bonds is 5. The van der Waals surface area contributed by atoms with E-state index in [9.17, 15) is 9.18 Å². The van der Waals surface area contributed by atoms with E-state index >= 15 is 0 Å². The Balaban J connectivity index is 1.94. The summed E-state index contributed by atoms with van der Waals surface area (Å²) in [6.45, 7) is 4.34. The third kappa shape index (κ3) is 4.42. The Morgan fingerprint density at radius 1 is 1.10 bits per heavy atom. The monoisotopic (exact) mass is 285 g/mol. The van der Waals surface area contributed by atoms with E-state index in [1.807, 2.05) is 24.3 Å². The average Bonchev–Trinajstić information content (AvgIpc) is 2.49. The highest BCUT2D eigenvalue weighted by molar-refractivity contribution is 5.92. The molecule has 2 nitrogen and oxygen atoms in total. The summed E-state index contributed by atoms with van der Waals surface area (Å²) in [5, 5.41) is 2.86. The largest absolute Gasteiger partial charge is 0.326 e. The second kappa shape index (κ2) is 7.02. The summed E-state index contributed by atoms with van der Waals surface area (Å²) >= 11 is 0. The molecule has 0 aliphatic carbocycles. The molecule has 0 bridgehead atoms. The van der Waals surface area contributed by atoms with E-state index in [4.69, 9.17) is 0 Å². The van der Waals surface area contributed by atoms with Crippen molar-refractivity contribution in [2.75, 3.05) is 5.32 Å². The summed E-state index contributed by atoms with van der Waals surface area (Å²) in [7, 11) is 0. The molecule has 3 heteroatoms. The van der Waals surface area contributed by atoms with Gasteiger partial charge in [0.05, 0.1) is 6.42 Å². The minimum absolute atomic E-state index is 0.0992. The van der Waals surface area contributed by atoms with Gasteiger partial charge >= 0.3 is 0 Å². The van der Waals surface area contributed by atoms with Crippen molar-refractivity contribution in [3.05, 3.63) is 65.5 Å². The summed E-state index contributed by atoms with van der Waals surface area (Å²) < 4.78 is 12.8. The average molecular weight is 285 g/mol. The number of amides is 1. The van der Waals surface area contributed by atoms with Gasteiger partial charge in [-0.05, 0) is 47.7 Å². The fourth-order valence-corrected chi connectivity index (χ4v) is 2.12. The number of anilines is 1. The van der Waals surface area contributed by atoms with E-state index in [1.165, 1.54) is 17.7 Å². The van der Waals surface area contributed by atoms with Gasteiger partial charge in [0, 0.05) is 5.69 Å². The first-order valence-corrected chi connectivity index (χ1v) is 7.22. The topological polar surface area (TPSA) is 29.1 Å². The Labute approximate surface area is 125 Å². The van der Waals surface area contributed by atoms with Crippen LogP contribution in [0.15, 0.2) is 48.5 Å². The minimum Gasteiger partial charge on any atom is -0.326 e. The van der Waals surface area contributed by atoms with Gasteiger partial charge in [0.15, 0.2) is 0 Å². The van der Waals surface area contributed by atoms with E-state index in [2.05, 4.69) is 19.2 Å². The van der Waals surface area contributed by atoms with Crippen molar-refractivity contribution in [3.63, 3.8) is 0 Å². The molecule has 0 radical (unpaired) electrons.